The highest BCUT2D eigenvalue weighted by atomic mass is 16.2. The third-order valence-electron chi connectivity index (χ3n) is 5.26. The van der Waals surface area contributed by atoms with Gasteiger partial charge in [0.1, 0.15) is 5.41 Å². The molecule has 1 heterocycles. The lowest BCUT2D eigenvalue weighted by Crippen LogP contribution is -2.54. The third-order valence-corrected chi connectivity index (χ3v) is 5.26. The first kappa shape index (κ1) is 20.6. The number of hydrogen-bond acceptors (Lipinski definition) is 4. The van der Waals surface area contributed by atoms with E-state index in [1.165, 1.54) is 5.56 Å². The number of amides is 2. The number of benzene rings is 2. The highest BCUT2D eigenvalue weighted by Gasteiger charge is 2.40. The molecule has 0 saturated carbocycles. The number of nitrogens with one attached hydrogen (secondary N) is 1. The zero-order valence-electron chi connectivity index (χ0n) is 16.9. The van der Waals surface area contributed by atoms with Crippen LogP contribution in [0.25, 0.3) is 0 Å². The van der Waals surface area contributed by atoms with Crippen molar-refractivity contribution < 1.29 is 9.59 Å². The van der Waals surface area contributed by atoms with Crippen molar-refractivity contribution in [3.8, 4) is 6.07 Å². The minimum atomic E-state index is -1.19. The molecule has 1 aliphatic heterocycles. The van der Waals surface area contributed by atoms with Crippen molar-refractivity contribution in [2.75, 3.05) is 31.5 Å². The molecule has 2 aromatic rings. The third kappa shape index (κ3) is 5.01. The van der Waals surface area contributed by atoms with Gasteiger partial charge in [-0.15, -0.1) is 0 Å². The van der Waals surface area contributed by atoms with E-state index in [-0.39, 0.29) is 11.8 Å². The van der Waals surface area contributed by atoms with Gasteiger partial charge in [0.15, 0.2) is 0 Å². The SMILES string of the molecule is CC(C)(C(=O)Nc1cccc(C#N)c1)C(=O)N1CCN(Cc2ccccc2)CC1. The maximum absolute atomic E-state index is 13.0. The summed E-state index contributed by atoms with van der Waals surface area (Å²) >= 11 is 0. The molecule has 0 atom stereocenters. The van der Waals surface area contributed by atoms with Crippen LogP contribution in [0.3, 0.4) is 0 Å². The van der Waals surface area contributed by atoms with E-state index in [1.807, 2.05) is 24.3 Å². The first-order valence-electron chi connectivity index (χ1n) is 9.77. The summed E-state index contributed by atoms with van der Waals surface area (Å²) in [6, 6.07) is 19.0. The molecule has 1 saturated heterocycles. The molecule has 0 spiro atoms. The summed E-state index contributed by atoms with van der Waals surface area (Å²) in [6.45, 7) is 6.93. The van der Waals surface area contributed by atoms with E-state index in [0.29, 0.717) is 24.3 Å². The maximum Gasteiger partial charge on any atom is 0.239 e. The number of nitriles is 1. The summed E-state index contributed by atoms with van der Waals surface area (Å²) < 4.78 is 0. The summed E-state index contributed by atoms with van der Waals surface area (Å²) in [4.78, 5) is 29.9. The molecular weight excluding hydrogens is 364 g/mol. The van der Waals surface area contributed by atoms with Crippen LogP contribution in [0.5, 0.6) is 0 Å². The lowest BCUT2D eigenvalue weighted by Gasteiger charge is -2.38. The molecule has 3 rings (SSSR count). The highest BCUT2D eigenvalue weighted by Crippen LogP contribution is 2.23. The Labute approximate surface area is 171 Å². The van der Waals surface area contributed by atoms with E-state index < -0.39 is 5.41 Å². The fourth-order valence-corrected chi connectivity index (χ4v) is 3.40. The molecule has 150 valence electrons. The molecule has 2 amide bonds. The van der Waals surface area contributed by atoms with Crippen LogP contribution in [0, 0.1) is 16.7 Å². The van der Waals surface area contributed by atoms with Gasteiger partial charge in [-0.25, -0.2) is 0 Å². The van der Waals surface area contributed by atoms with Gasteiger partial charge in [-0.1, -0.05) is 36.4 Å². The maximum atomic E-state index is 13.0. The van der Waals surface area contributed by atoms with E-state index in [1.54, 1.807) is 43.0 Å². The predicted molar refractivity (Wildman–Crippen MR) is 112 cm³/mol. The average molecular weight is 390 g/mol. The molecule has 0 aliphatic carbocycles. The molecule has 1 aliphatic rings. The van der Waals surface area contributed by atoms with Crippen LogP contribution in [-0.4, -0.2) is 47.8 Å². The van der Waals surface area contributed by atoms with Gasteiger partial charge in [-0.05, 0) is 37.6 Å². The van der Waals surface area contributed by atoms with Crippen molar-refractivity contribution in [3.63, 3.8) is 0 Å². The highest BCUT2D eigenvalue weighted by molar-refractivity contribution is 6.09. The first-order valence-corrected chi connectivity index (χ1v) is 9.77. The van der Waals surface area contributed by atoms with Crippen molar-refractivity contribution in [2.45, 2.75) is 20.4 Å². The van der Waals surface area contributed by atoms with Gasteiger partial charge in [0.25, 0.3) is 0 Å². The quantitative estimate of drug-likeness (QED) is 0.797. The molecule has 0 unspecified atom stereocenters. The largest absolute Gasteiger partial charge is 0.339 e. The number of rotatable bonds is 5. The van der Waals surface area contributed by atoms with Gasteiger partial charge in [-0.3, -0.25) is 14.5 Å². The Hall–Kier alpha value is -3.17. The number of carbonyl (C=O) groups excluding carboxylic acids is 2. The Morgan fingerprint density at radius 3 is 2.38 bits per heavy atom. The van der Waals surface area contributed by atoms with Crippen molar-refractivity contribution in [2.24, 2.45) is 5.41 Å². The molecule has 1 fully saturated rings. The van der Waals surface area contributed by atoms with Crippen LogP contribution >= 0.6 is 0 Å². The standard InChI is InChI=1S/C23H26N4O2/c1-23(2,21(28)25-20-10-6-9-19(15-20)16-24)22(29)27-13-11-26(12-14-27)17-18-7-4-3-5-8-18/h3-10,15H,11-14,17H2,1-2H3,(H,25,28). The topological polar surface area (TPSA) is 76.4 Å². The van der Waals surface area contributed by atoms with E-state index >= 15 is 0 Å². The van der Waals surface area contributed by atoms with Crippen molar-refractivity contribution in [1.82, 2.24) is 9.80 Å². The molecule has 6 heteroatoms. The molecule has 0 radical (unpaired) electrons. The van der Waals surface area contributed by atoms with Gasteiger partial charge in [0, 0.05) is 38.4 Å². The summed E-state index contributed by atoms with van der Waals surface area (Å²) in [5.74, 6) is -0.546. The van der Waals surface area contributed by atoms with Crippen molar-refractivity contribution in [1.29, 1.82) is 5.26 Å². The Bertz CT molecular complexity index is 910. The predicted octanol–water partition coefficient (Wildman–Crippen LogP) is 2.87. The Kier molecular flexibility index (Phi) is 6.30. The fourth-order valence-electron chi connectivity index (χ4n) is 3.40. The number of piperazine rings is 1. The fraction of sp³-hybridized carbons (Fsp3) is 0.348. The van der Waals surface area contributed by atoms with Gasteiger partial charge in [0.2, 0.25) is 11.8 Å². The number of anilines is 1. The molecule has 29 heavy (non-hydrogen) atoms. The van der Waals surface area contributed by atoms with E-state index in [4.69, 9.17) is 5.26 Å². The molecule has 2 aromatic carbocycles. The Morgan fingerprint density at radius 2 is 1.72 bits per heavy atom. The minimum absolute atomic E-state index is 0.175. The van der Waals surface area contributed by atoms with E-state index in [2.05, 4.69) is 22.3 Å². The van der Waals surface area contributed by atoms with Gasteiger partial charge in [0.05, 0.1) is 11.6 Å². The van der Waals surface area contributed by atoms with E-state index in [9.17, 15) is 9.59 Å². The summed E-state index contributed by atoms with van der Waals surface area (Å²) in [6.07, 6.45) is 0. The second-order valence-corrected chi connectivity index (χ2v) is 7.83. The van der Waals surface area contributed by atoms with Crippen LogP contribution in [0.15, 0.2) is 54.6 Å². The number of carbonyl (C=O) groups is 2. The molecule has 6 nitrogen and oxygen atoms in total. The second-order valence-electron chi connectivity index (χ2n) is 7.83. The van der Waals surface area contributed by atoms with E-state index in [0.717, 1.165) is 19.6 Å². The van der Waals surface area contributed by atoms with Gasteiger partial charge < -0.3 is 10.2 Å². The van der Waals surface area contributed by atoms with Crippen LogP contribution in [0.2, 0.25) is 0 Å². The first-order chi connectivity index (χ1) is 13.9. The smallest absolute Gasteiger partial charge is 0.239 e. The summed E-state index contributed by atoms with van der Waals surface area (Å²) in [5.41, 5.74) is 1.04. The number of hydrogen-bond donors (Lipinski definition) is 1. The van der Waals surface area contributed by atoms with Crippen LogP contribution in [-0.2, 0) is 16.1 Å². The summed E-state index contributed by atoms with van der Waals surface area (Å²) in [5, 5.41) is 11.8. The lowest BCUT2D eigenvalue weighted by molar-refractivity contribution is -0.147. The minimum Gasteiger partial charge on any atom is -0.339 e. The molecule has 0 bridgehead atoms. The molecule has 1 N–H and O–H groups in total. The average Bonchev–Trinajstić information content (AvgIpc) is 2.74. The van der Waals surface area contributed by atoms with Crippen molar-refractivity contribution >= 4 is 17.5 Å². The number of nitrogens with zero attached hydrogens (tertiary/aromatic N) is 3. The molecule has 0 aromatic heterocycles. The van der Waals surface area contributed by atoms with Crippen LogP contribution in [0.4, 0.5) is 5.69 Å². The Balaban J connectivity index is 1.57. The van der Waals surface area contributed by atoms with Gasteiger partial charge >= 0.3 is 0 Å². The van der Waals surface area contributed by atoms with Crippen LogP contribution in [0.1, 0.15) is 25.0 Å². The van der Waals surface area contributed by atoms with Crippen molar-refractivity contribution in [3.05, 3.63) is 65.7 Å². The van der Waals surface area contributed by atoms with Crippen LogP contribution < -0.4 is 5.32 Å². The second kappa shape index (κ2) is 8.89. The van der Waals surface area contributed by atoms with Gasteiger partial charge in [-0.2, -0.15) is 5.26 Å². The zero-order valence-corrected chi connectivity index (χ0v) is 16.9. The lowest BCUT2D eigenvalue weighted by atomic mass is 9.89. The summed E-state index contributed by atoms with van der Waals surface area (Å²) in [7, 11) is 0. The zero-order chi connectivity index (χ0) is 20.9. The Morgan fingerprint density at radius 1 is 1.03 bits per heavy atom. The normalized spacial score (nSPS) is 14.9. The monoisotopic (exact) mass is 390 g/mol. The molecular formula is C23H26N4O2.